The fourth-order valence-electron chi connectivity index (χ4n) is 2.58. The van der Waals surface area contributed by atoms with Gasteiger partial charge in [-0.05, 0) is 36.2 Å². The lowest BCUT2D eigenvalue weighted by Gasteiger charge is -2.09. The molecule has 0 aliphatic rings. The summed E-state index contributed by atoms with van der Waals surface area (Å²) >= 11 is 0. The largest absolute Gasteiger partial charge is 0.489 e. The van der Waals surface area contributed by atoms with Crippen molar-refractivity contribution in [3.63, 3.8) is 0 Å². The van der Waals surface area contributed by atoms with Crippen molar-refractivity contribution in [2.75, 3.05) is 30.9 Å². The van der Waals surface area contributed by atoms with Crippen molar-refractivity contribution in [1.29, 1.82) is 0 Å². The van der Waals surface area contributed by atoms with Crippen LogP contribution in [0.2, 0.25) is 0 Å². The van der Waals surface area contributed by atoms with Crippen molar-refractivity contribution in [3.05, 3.63) is 78.2 Å². The minimum Gasteiger partial charge on any atom is -0.489 e. The highest BCUT2D eigenvalue weighted by Gasteiger charge is 2.09. The number of carbonyl (C=O) groups excluding carboxylic acids is 1. The molecular weight excluding hydrogens is 368 g/mol. The fourth-order valence-corrected chi connectivity index (χ4v) is 2.58. The summed E-state index contributed by atoms with van der Waals surface area (Å²) in [6, 6.07) is 18.8. The first kappa shape index (κ1) is 20.3. The third-order valence-electron chi connectivity index (χ3n) is 4.09. The predicted molar refractivity (Wildman–Crippen MR) is 112 cm³/mol. The standard InChI is InChI=1S/C22H24N4O3/c1-28-13-5-12-23-21-14-20(24-16-25-21)22(27)26-18-8-10-19(11-9-18)29-15-17-6-3-2-4-7-17/h2-4,6-11,14,16H,5,12-13,15H2,1H3,(H,26,27)(H,23,24,25). The smallest absolute Gasteiger partial charge is 0.274 e. The van der Waals surface area contributed by atoms with Crippen LogP contribution >= 0.6 is 0 Å². The van der Waals surface area contributed by atoms with Crippen LogP contribution in [0.3, 0.4) is 0 Å². The quantitative estimate of drug-likeness (QED) is 0.511. The Morgan fingerprint density at radius 3 is 2.59 bits per heavy atom. The third kappa shape index (κ3) is 6.58. The Morgan fingerprint density at radius 1 is 1.03 bits per heavy atom. The molecule has 2 N–H and O–H groups in total. The molecule has 0 saturated heterocycles. The summed E-state index contributed by atoms with van der Waals surface area (Å²) in [6.07, 6.45) is 2.22. The maximum Gasteiger partial charge on any atom is 0.274 e. The number of rotatable bonds is 10. The molecule has 0 unspecified atom stereocenters. The molecule has 3 rings (SSSR count). The lowest BCUT2D eigenvalue weighted by atomic mass is 10.2. The Balaban J connectivity index is 1.52. The van der Waals surface area contributed by atoms with E-state index in [2.05, 4.69) is 20.6 Å². The summed E-state index contributed by atoms with van der Waals surface area (Å²) in [5.74, 6) is 1.03. The van der Waals surface area contributed by atoms with E-state index in [1.807, 2.05) is 42.5 Å². The Morgan fingerprint density at radius 2 is 1.83 bits per heavy atom. The molecule has 0 atom stereocenters. The van der Waals surface area contributed by atoms with Crippen LogP contribution in [0.15, 0.2) is 67.0 Å². The van der Waals surface area contributed by atoms with Crippen LogP contribution in [-0.4, -0.2) is 36.1 Å². The van der Waals surface area contributed by atoms with Gasteiger partial charge in [0.25, 0.3) is 5.91 Å². The summed E-state index contributed by atoms with van der Waals surface area (Å²) in [7, 11) is 1.66. The summed E-state index contributed by atoms with van der Waals surface area (Å²) in [4.78, 5) is 20.6. The van der Waals surface area contributed by atoms with E-state index in [1.54, 1.807) is 25.3 Å². The van der Waals surface area contributed by atoms with Crippen molar-refractivity contribution < 1.29 is 14.3 Å². The normalized spacial score (nSPS) is 10.4. The maximum absolute atomic E-state index is 12.5. The molecule has 0 fully saturated rings. The van der Waals surface area contributed by atoms with E-state index < -0.39 is 0 Å². The highest BCUT2D eigenvalue weighted by molar-refractivity contribution is 6.03. The Kier molecular flexibility index (Phi) is 7.54. The minimum absolute atomic E-state index is 0.290. The SMILES string of the molecule is COCCCNc1cc(C(=O)Nc2ccc(OCc3ccccc3)cc2)ncn1. The number of hydrogen-bond acceptors (Lipinski definition) is 6. The first-order valence-corrected chi connectivity index (χ1v) is 9.37. The summed E-state index contributed by atoms with van der Waals surface area (Å²) in [6.45, 7) is 1.86. The van der Waals surface area contributed by atoms with Crippen molar-refractivity contribution in [1.82, 2.24) is 9.97 Å². The number of carbonyl (C=O) groups is 1. The zero-order valence-corrected chi connectivity index (χ0v) is 16.3. The Bertz CT molecular complexity index is 901. The summed E-state index contributed by atoms with van der Waals surface area (Å²) < 4.78 is 10.8. The van der Waals surface area contributed by atoms with Gasteiger partial charge in [-0.25, -0.2) is 9.97 Å². The monoisotopic (exact) mass is 392 g/mol. The highest BCUT2D eigenvalue weighted by atomic mass is 16.5. The van der Waals surface area contributed by atoms with Crippen LogP contribution < -0.4 is 15.4 Å². The average molecular weight is 392 g/mol. The first-order valence-electron chi connectivity index (χ1n) is 9.37. The summed E-state index contributed by atoms with van der Waals surface area (Å²) in [5, 5.41) is 5.98. The van der Waals surface area contributed by atoms with Crippen LogP contribution in [0.4, 0.5) is 11.5 Å². The van der Waals surface area contributed by atoms with Crippen LogP contribution in [0.1, 0.15) is 22.5 Å². The molecule has 1 amide bonds. The van der Waals surface area contributed by atoms with Gasteiger partial charge in [-0.15, -0.1) is 0 Å². The van der Waals surface area contributed by atoms with Gasteiger partial charge in [0.05, 0.1) is 0 Å². The molecule has 3 aromatic rings. The van der Waals surface area contributed by atoms with E-state index in [0.29, 0.717) is 37.0 Å². The summed E-state index contributed by atoms with van der Waals surface area (Å²) in [5.41, 5.74) is 2.05. The first-order chi connectivity index (χ1) is 14.2. The zero-order chi connectivity index (χ0) is 20.3. The number of nitrogens with zero attached hydrogens (tertiary/aromatic N) is 2. The number of amides is 1. The van der Waals surface area contributed by atoms with Gasteiger partial charge < -0.3 is 20.1 Å². The highest BCUT2D eigenvalue weighted by Crippen LogP contribution is 2.18. The molecule has 2 aromatic carbocycles. The van der Waals surface area contributed by atoms with Gasteiger partial charge in [-0.1, -0.05) is 30.3 Å². The second-order valence-electron chi connectivity index (χ2n) is 6.31. The molecule has 0 spiro atoms. The van der Waals surface area contributed by atoms with E-state index in [1.165, 1.54) is 6.33 Å². The number of nitrogens with one attached hydrogen (secondary N) is 2. The van der Waals surface area contributed by atoms with Crippen molar-refractivity contribution >= 4 is 17.4 Å². The molecule has 29 heavy (non-hydrogen) atoms. The van der Waals surface area contributed by atoms with Crippen LogP contribution in [0.25, 0.3) is 0 Å². The van der Waals surface area contributed by atoms with Gasteiger partial charge in [0.2, 0.25) is 0 Å². The van der Waals surface area contributed by atoms with E-state index >= 15 is 0 Å². The lowest BCUT2D eigenvalue weighted by molar-refractivity contribution is 0.102. The van der Waals surface area contributed by atoms with Crippen molar-refractivity contribution in [3.8, 4) is 5.75 Å². The van der Waals surface area contributed by atoms with Gasteiger partial charge in [0.15, 0.2) is 0 Å². The molecule has 7 nitrogen and oxygen atoms in total. The van der Waals surface area contributed by atoms with Crippen LogP contribution in [0, 0.1) is 0 Å². The zero-order valence-electron chi connectivity index (χ0n) is 16.3. The minimum atomic E-state index is -0.301. The molecular formula is C22H24N4O3. The molecule has 0 saturated carbocycles. The Hall–Kier alpha value is -3.45. The van der Waals surface area contributed by atoms with Gasteiger partial charge in [-0.2, -0.15) is 0 Å². The molecule has 7 heteroatoms. The second-order valence-corrected chi connectivity index (χ2v) is 6.31. The third-order valence-corrected chi connectivity index (χ3v) is 4.09. The number of benzene rings is 2. The number of anilines is 2. The van der Waals surface area contributed by atoms with Gasteiger partial charge in [-0.3, -0.25) is 4.79 Å². The molecule has 0 aliphatic heterocycles. The van der Waals surface area contributed by atoms with Crippen molar-refractivity contribution in [2.24, 2.45) is 0 Å². The average Bonchev–Trinajstić information content (AvgIpc) is 2.77. The van der Waals surface area contributed by atoms with Crippen LogP contribution in [-0.2, 0) is 11.3 Å². The topological polar surface area (TPSA) is 85.4 Å². The van der Waals surface area contributed by atoms with Gasteiger partial charge in [0, 0.05) is 32.0 Å². The second kappa shape index (κ2) is 10.8. The van der Waals surface area contributed by atoms with E-state index in [-0.39, 0.29) is 5.91 Å². The Labute approximate surface area is 170 Å². The van der Waals surface area contributed by atoms with E-state index in [9.17, 15) is 4.79 Å². The number of aromatic nitrogens is 2. The molecule has 1 aromatic heterocycles. The van der Waals surface area contributed by atoms with Gasteiger partial charge >= 0.3 is 0 Å². The number of methoxy groups -OCH3 is 1. The van der Waals surface area contributed by atoms with Crippen molar-refractivity contribution in [2.45, 2.75) is 13.0 Å². The van der Waals surface area contributed by atoms with Crippen LogP contribution in [0.5, 0.6) is 5.75 Å². The predicted octanol–water partition coefficient (Wildman–Crippen LogP) is 3.76. The molecule has 1 heterocycles. The number of ether oxygens (including phenoxy) is 2. The molecule has 150 valence electrons. The molecule has 0 bridgehead atoms. The van der Waals surface area contributed by atoms with E-state index in [4.69, 9.17) is 9.47 Å². The maximum atomic E-state index is 12.5. The number of hydrogen-bond donors (Lipinski definition) is 2. The lowest BCUT2D eigenvalue weighted by Crippen LogP contribution is -2.15. The fraction of sp³-hybridized carbons (Fsp3) is 0.227. The van der Waals surface area contributed by atoms with Gasteiger partial charge in [0.1, 0.15) is 30.2 Å². The molecule has 0 aliphatic carbocycles. The molecule has 0 radical (unpaired) electrons. The van der Waals surface area contributed by atoms with E-state index in [0.717, 1.165) is 17.7 Å².